The van der Waals surface area contributed by atoms with Gasteiger partial charge in [0.05, 0.1) is 10.8 Å². The Bertz CT molecular complexity index is 792. The van der Waals surface area contributed by atoms with Gasteiger partial charge >= 0.3 is 7.12 Å². The van der Waals surface area contributed by atoms with Gasteiger partial charge in [0.15, 0.2) is 0 Å². The van der Waals surface area contributed by atoms with Crippen molar-refractivity contribution < 1.29 is 14.5 Å². The van der Waals surface area contributed by atoms with Crippen molar-refractivity contribution in [2.75, 3.05) is 0 Å². The third-order valence-electron chi connectivity index (χ3n) is 2.90. The first kappa shape index (κ1) is 11.0. The molecule has 0 fully saturated rings. The Hall–Kier alpha value is -2.11. The zero-order chi connectivity index (χ0) is 12.7. The molecule has 0 unspecified atom stereocenters. The number of rotatable bonds is 1. The number of hydrogen-bond donors (Lipinski definition) is 2. The van der Waals surface area contributed by atoms with Gasteiger partial charge in [0.1, 0.15) is 11.2 Å². The molecule has 0 aliphatic rings. The molecule has 5 heteroatoms. The zero-order valence-corrected chi connectivity index (χ0v) is 9.33. The molecule has 88 valence electrons. The Kier molecular flexibility index (Phi) is 2.43. The fourth-order valence-electron chi connectivity index (χ4n) is 1.98. The molecular weight excluding hydrogens is 231 g/mol. The summed E-state index contributed by atoms with van der Waals surface area (Å²) in [6.45, 7) is 0. The van der Waals surface area contributed by atoms with E-state index in [1.165, 1.54) is 12.1 Å². The highest BCUT2D eigenvalue weighted by molar-refractivity contribution is 6.58. The van der Waals surface area contributed by atoms with Crippen molar-refractivity contribution >= 4 is 34.5 Å². The van der Waals surface area contributed by atoms with Gasteiger partial charge < -0.3 is 14.5 Å². The van der Waals surface area contributed by atoms with Gasteiger partial charge in [-0.05, 0) is 29.7 Å². The van der Waals surface area contributed by atoms with E-state index in [9.17, 15) is 4.79 Å². The molecule has 1 aromatic heterocycles. The summed E-state index contributed by atoms with van der Waals surface area (Å²) in [6, 6.07) is 11.5. The van der Waals surface area contributed by atoms with Crippen LogP contribution in [0.1, 0.15) is 0 Å². The van der Waals surface area contributed by atoms with Gasteiger partial charge in [-0.2, -0.15) is 0 Å². The maximum atomic E-state index is 12.2. The summed E-state index contributed by atoms with van der Waals surface area (Å²) in [6.07, 6.45) is 0. The van der Waals surface area contributed by atoms with E-state index in [1.54, 1.807) is 30.3 Å². The van der Waals surface area contributed by atoms with Crippen LogP contribution in [0, 0.1) is 0 Å². The lowest BCUT2D eigenvalue weighted by molar-refractivity contribution is 0.425. The van der Waals surface area contributed by atoms with Crippen LogP contribution < -0.4 is 10.9 Å². The highest BCUT2D eigenvalue weighted by Crippen LogP contribution is 2.17. The molecule has 0 bridgehead atoms. The van der Waals surface area contributed by atoms with Gasteiger partial charge in [-0.25, -0.2) is 0 Å². The van der Waals surface area contributed by atoms with Crippen molar-refractivity contribution in [3.63, 3.8) is 0 Å². The molecular formula is C13H9BO4. The molecule has 0 saturated carbocycles. The van der Waals surface area contributed by atoms with E-state index in [0.717, 1.165) is 0 Å². The van der Waals surface area contributed by atoms with Crippen molar-refractivity contribution in [3.8, 4) is 0 Å². The molecule has 3 aromatic rings. The first-order chi connectivity index (χ1) is 8.66. The minimum Gasteiger partial charge on any atom is -0.456 e. The molecule has 0 amide bonds. The van der Waals surface area contributed by atoms with Crippen molar-refractivity contribution in [2.45, 2.75) is 0 Å². The van der Waals surface area contributed by atoms with Gasteiger partial charge in [-0.3, -0.25) is 4.79 Å². The van der Waals surface area contributed by atoms with Crippen molar-refractivity contribution in [2.24, 2.45) is 0 Å². The Morgan fingerprint density at radius 3 is 2.44 bits per heavy atom. The zero-order valence-electron chi connectivity index (χ0n) is 9.33. The summed E-state index contributed by atoms with van der Waals surface area (Å²) in [4.78, 5) is 12.2. The van der Waals surface area contributed by atoms with E-state index in [1.807, 2.05) is 0 Å². The Morgan fingerprint density at radius 1 is 0.944 bits per heavy atom. The molecule has 2 N–H and O–H groups in total. The second-order valence-electron chi connectivity index (χ2n) is 4.06. The number of benzene rings is 2. The summed E-state index contributed by atoms with van der Waals surface area (Å²) >= 11 is 0. The standard InChI is InChI=1S/C13H9BO4/c15-13-9-3-1-2-4-11(9)18-12-7-8(14(16)17)5-6-10(12)13/h1-7,16-17H. The van der Waals surface area contributed by atoms with E-state index in [-0.39, 0.29) is 5.43 Å². The summed E-state index contributed by atoms with van der Waals surface area (Å²) in [5.41, 5.74) is 1.01. The smallest absolute Gasteiger partial charge is 0.456 e. The topological polar surface area (TPSA) is 70.7 Å². The minimum absolute atomic E-state index is 0.120. The second-order valence-corrected chi connectivity index (χ2v) is 4.06. The monoisotopic (exact) mass is 240 g/mol. The summed E-state index contributed by atoms with van der Waals surface area (Å²) in [5.74, 6) is 0. The van der Waals surface area contributed by atoms with E-state index >= 15 is 0 Å². The van der Waals surface area contributed by atoms with Crippen LogP contribution in [0.5, 0.6) is 0 Å². The lowest BCUT2D eigenvalue weighted by atomic mass is 9.80. The van der Waals surface area contributed by atoms with E-state index in [4.69, 9.17) is 14.5 Å². The SMILES string of the molecule is O=c1c2ccccc2oc2cc(B(O)O)ccc12. The fourth-order valence-corrected chi connectivity index (χ4v) is 1.98. The van der Waals surface area contributed by atoms with Gasteiger partial charge in [0.2, 0.25) is 5.43 Å². The first-order valence-electron chi connectivity index (χ1n) is 5.48. The third kappa shape index (κ3) is 1.61. The molecule has 0 atom stereocenters. The van der Waals surface area contributed by atoms with Crippen LogP contribution in [0.4, 0.5) is 0 Å². The molecule has 18 heavy (non-hydrogen) atoms. The van der Waals surface area contributed by atoms with Crippen LogP contribution >= 0.6 is 0 Å². The molecule has 0 saturated heterocycles. The predicted molar refractivity (Wildman–Crippen MR) is 69.8 cm³/mol. The highest BCUT2D eigenvalue weighted by atomic mass is 16.4. The largest absolute Gasteiger partial charge is 0.488 e. The van der Waals surface area contributed by atoms with Crippen molar-refractivity contribution in [3.05, 3.63) is 52.7 Å². The number of para-hydroxylation sites is 1. The first-order valence-corrected chi connectivity index (χ1v) is 5.48. The van der Waals surface area contributed by atoms with Gasteiger partial charge in [0.25, 0.3) is 0 Å². The van der Waals surface area contributed by atoms with Crippen molar-refractivity contribution in [1.82, 2.24) is 0 Å². The summed E-state index contributed by atoms with van der Waals surface area (Å²) < 4.78 is 5.60. The average molecular weight is 240 g/mol. The highest BCUT2D eigenvalue weighted by Gasteiger charge is 2.14. The average Bonchev–Trinajstić information content (AvgIpc) is 2.38. The quantitative estimate of drug-likeness (QED) is 0.483. The van der Waals surface area contributed by atoms with Crippen LogP contribution in [0.2, 0.25) is 0 Å². The van der Waals surface area contributed by atoms with Crippen LogP contribution in [-0.2, 0) is 0 Å². The van der Waals surface area contributed by atoms with Crippen LogP contribution in [0.25, 0.3) is 21.9 Å². The molecule has 0 aliphatic carbocycles. The Morgan fingerprint density at radius 2 is 1.67 bits per heavy atom. The molecule has 3 rings (SSSR count). The number of hydrogen-bond acceptors (Lipinski definition) is 4. The molecule has 2 aromatic carbocycles. The number of fused-ring (bicyclic) bond motifs is 2. The molecule has 0 radical (unpaired) electrons. The van der Waals surface area contributed by atoms with Crippen LogP contribution in [-0.4, -0.2) is 17.2 Å². The molecule has 0 aliphatic heterocycles. The van der Waals surface area contributed by atoms with Gasteiger partial charge in [-0.1, -0.05) is 18.2 Å². The predicted octanol–water partition coefficient (Wildman–Crippen LogP) is 0.626. The van der Waals surface area contributed by atoms with Crippen molar-refractivity contribution in [1.29, 1.82) is 0 Å². The van der Waals surface area contributed by atoms with Crippen LogP contribution in [0.15, 0.2) is 51.7 Å². The fraction of sp³-hybridized carbons (Fsp3) is 0. The summed E-state index contributed by atoms with van der Waals surface area (Å²) in [5, 5.41) is 19.1. The van der Waals surface area contributed by atoms with E-state index in [0.29, 0.717) is 27.4 Å². The normalized spacial score (nSPS) is 11.0. The van der Waals surface area contributed by atoms with Gasteiger partial charge in [-0.15, -0.1) is 0 Å². The van der Waals surface area contributed by atoms with Gasteiger partial charge in [0, 0.05) is 0 Å². The Labute approximate surface area is 102 Å². The summed E-state index contributed by atoms with van der Waals surface area (Å²) in [7, 11) is -1.58. The van der Waals surface area contributed by atoms with E-state index < -0.39 is 7.12 Å². The Balaban J connectivity index is 2.44. The third-order valence-corrected chi connectivity index (χ3v) is 2.90. The lowest BCUT2D eigenvalue weighted by Gasteiger charge is -2.03. The maximum absolute atomic E-state index is 12.2. The van der Waals surface area contributed by atoms with Crippen LogP contribution in [0.3, 0.4) is 0 Å². The van der Waals surface area contributed by atoms with E-state index in [2.05, 4.69) is 0 Å². The second kappa shape index (κ2) is 3.98. The minimum atomic E-state index is -1.58. The molecule has 1 heterocycles. The maximum Gasteiger partial charge on any atom is 0.488 e. The lowest BCUT2D eigenvalue weighted by Crippen LogP contribution is -2.29. The molecule has 4 nitrogen and oxygen atoms in total. The molecule has 0 spiro atoms.